The van der Waals surface area contributed by atoms with Gasteiger partial charge < -0.3 is 20.7 Å². The van der Waals surface area contributed by atoms with Crippen LogP contribution in [0.4, 0.5) is 4.39 Å². The molecule has 5 heteroatoms. The van der Waals surface area contributed by atoms with Crippen LogP contribution in [0.25, 0.3) is 0 Å². The van der Waals surface area contributed by atoms with Crippen LogP contribution in [-0.4, -0.2) is 34.8 Å². The van der Waals surface area contributed by atoms with Crippen molar-refractivity contribution in [3.8, 4) is 0 Å². The van der Waals surface area contributed by atoms with Crippen molar-refractivity contribution in [1.82, 2.24) is 0 Å². The maximum atomic E-state index is 12.3. The quantitative estimate of drug-likeness (QED) is 0.398. The molecule has 0 spiro atoms. The van der Waals surface area contributed by atoms with Gasteiger partial charge in [-0.25, -0.2) is 4.39 Å². The van der Waals surface area contributed by atoms with E-state index >= 15 is 0 Å². The van der Waals surface area contributed by atoms with Gasteiger partial charge in [0.2, 0.25) is 0 Å². The Kier molecular flexibility index (Phi) is 2.20. The van der Waals surface area contributed by atoms with E-state index in [1.54, 1.807) is 0 Å². The topological polar surface area (TPSA) is 75.7 Å². The van der Waals surface area contributed by atoms with E-state index in [0.29, 0.717) is 0 Å². The minimum absolute atomic E-state index is 0.825. The molecule has 4 N–H and O–H groups in total. The summed E-state index contributed by atoms with van der Waals surface area (Å²) in [7, 11) is 0. The highest BCUT2D eigenvalue weighted by Crippen LogP contribution is 2.21. The molecule has 0 aromatic rings. The summed E-state index contributed by atoms with van der Waals surface area (Å²) < 4.78 is 16.8. The smallest absolute Gasteiger partial charge is 0.157 e. The molecular formula is C5H9FNO3. The maximum Gasteiger partial charge on any atom is 0.157 e. The van der Waals surface area contributed by atoms with Gasteiger partial charge in [0.25, 0.3) is 0 Å². The first-order chi connectivity index (χ1) is 4.63. The van der Waals surface area contributed by atoms with Crippen LogP contribution < -0.4 is 5.73 Å². The summed E-state index contributed by atoms with van der Waals surface area (Å²) in [6, 6.07) is 0. The van der Waals surface area contributed by atoms with Crippen LogP contribution in [0.15, 0.2) is 0 Å². The molecule has 1 unspecified atom stereocenters. The highest BCUT2D eigenvalue weighted by molar-refractivity contribution is 4.92. The van der Waals surface area contributed by atoms with Crippen LogP contribution in [0.5, 0.6) is 0 Å². The molecule has 1 rings (SSSR count). The fourth-order valence-electron chi connectivity index (χ4n) is 0.790. The van der Waals surface area contributed by atoms with E-state index in [2.05, 4.69) is 4.74 Å². The molecule has 0 bridgehead atoms. The largest absolute Gasteiger partial charge is 0.387 e. The van der Waals surface area contributed by atoms with E-state index in [0.717, 1.165) is 6.61 Å². The number of ether oxygens (including phenoxy) is 1. The van der Waals surface area contributed by atoms with Gasteiger partial charge in [-0.15, -0.1) is 0 Å². The van der Waals surface area contributed by atoms with E-state index < -0.39 is 24.6 Å². The molecule has 4 atom stereocenters. The van der Waals surface area contributed by atoms with Crippen LogP contribution in [0.2, 0.25) is 0 Å². The average molecular weight is 150 g/mol. The van der Waals surface area contributed by atoms with Crippen molar-refractivity contribution in [2.45, 2.75) is 24.6 Å². The fourth-order valence-corrected chi connectivity index (χ4v) is 0.790. The maximum absolute atomic E-state index is 12.3. The van der Waals surface area contributed by atoms with Gasteiger partial charge in [-0.3, -0.25) is 0 Å². The van der Waals surface area contributed by atoms with Crippen molar-refractivity contribution in [3.63, 3.8) is 0 Å². The Balaban J connectivity index is 2.49. The summed E-state index contributed by atoms with van der Waals surface area (Å²) in [6.45, 7) is 0.825. The van der Waals surface area contributed by atoms with Crippen LogP contribution >= 0.6 is 0 Å². The van der Waals surface area contributed by atoms with Crippen molar-refractivity contribution in [3.05, 3.63) is 6.61 Å². The average Bonchev–Trinajstić information content (AvgIpc) is 2.14. The second-order valence-corrected chi connectivity index (χ2v) is 2.16. The van der Waals surface area contributed by atoms with Gasteiger partial charge in [0.1, 0.15) is 25.0 Å². The third-order valence-corrected chi connectivity index (χ3v) is 1.37. The zero-order chi connectivity index (χ0) is 7.72. The molecule has 0 saturated carbocycles. The molecule has 0 aromatic heterocycles. The first-order valence-corrected chi connectivity index (χ1v) is 2.87. The van der Waals surface area contributed by atoms with Gasteiger partial charge in [-0.05, 0) is 0 Å². The molecule has 1 aliphatic rings. The van der Waals surface area contributed by atoms with Crippen LogP contribution in [0.1, 0.15) is 0 Å². The molecule has 0 aliphatic carbocycles. The van der Waals surface area contributed by atoms with Gasteiger partial charge in [0, 0.05) is 0 Å². The lowest BCUT2D eigenvalue weighted by molar-refractivity contribution is -0.0370. The number of rotatable bonds is 1. The van der Waals surface area contributed by atoms with E-state index in [4.69, 9.17) is 15.9 Å². The Morgan fingerprint density at radius 2 is 2.30 bits per heavy atom. The van der Waals surface area contributed by atoms with Crippen LogP contribution in [0, 0.1) is 6.61 Å². The summed E-state index contributed by atoms with van der Waals surface area (Å²) in [6.07, 6.45) is -5.27. The van der Waals surface area contributed by atoms with Gasteiger partial charge in [0.15, 0.2) is 6.17 Å². The predicted octanol–water partition coefficient (Wildman–Crippen LogP) is -1.48. The molecule has 1 saturated heterocycles. The summed E-state index contributed by atoms with van der Waals surface area (Å²) in [4.78, 5) is 0. The Morgan fingerprint density at radius 3 is 2.50 bits per heavy atom. The Morgan fingerprint density at radius 1 is 1.70 bits per heavy atom. The van der Waals surface area contributed by atoms with Crippen molar-refractivity contribution < 1.29 is 19.3 Å². The number of nitrogens with two attached hydrogens (primary N) is 1. The third-order valence-electron chi connectivity index (χ3n) is 1.37. The van der Waals surface area contributed by atoms with Crippen molar-refractivity contribution >= 4 is 0 Å². The summed E-state index contributed by atoms with van der Waals surface area (Å²) in [5.41, 5.74) is 4.93. The molecule has 0 amide bonds. The molecule has 1 fully saturated rings. The number of aliphatic hydroxyl groups excluding tert-OH is 2. The van der Waals surface area contributed by atoms with Crippen molar-refractivity contribution in [1.29, 1.82) is 0 Å². The predicted molar refractivity (Wildman–Crippen MR) is 30.3 cm³/mol. The van der Waals surface area contributed by atoms with Gasteiger partial charge >= 0.3 is 0 Å². The molecule has 4 nitrogen and oxygen atoms in total. The SMILES string of the molecule is NC(O)[C@H]1O[CH][C@@H](F)[C@@H]1O. The summed E-state index contributed by atoms with van der Waals surface area (Å²) in [5, 5.41) is 17.5. The van der Waals surface area contributed by atoms with E-state index in [-0.39, 0.29) is 0 Å². The van der Waals surface area contributed by atoms with Crippen LogP contribution in [-0.2, 0) is 4.74 Å². The molecule has 1 heterocycles. The molecule has 1 aliphatic heterocycles. The van der Waals surface area contributed by atoms with Gasteiger partial charge in [0.05, 0.1) is 0 Å². The molecular weight excluding hydrogens is 141 g/mol. The van der Waals surface area contributed by atoms with Crippen LogP contribution in [0.3, 0.4) is 0 Å². The van der Waals surface area contributed by atoms with Crippen molar-refractivity contribution in [2.75, 3.05) is 0 Å². The second kappa shape index (κ2) is 2.79. The zero-order valence-electron chi connectivity index (χ0n) is 5.14. The minimum Gasteiger partial charge on any atom is -0.387 e. The van der Waals surface area contributed by atoms with E-state index in [1.165, 1.54) is 0 Å². The van der Waals surface area contributed by atoms with E-state index in [1.807, 2.05) is 0 Å². The third kappa shape index (κ3) is 1.27. The minimum atomic E-state index is -1.55. The number of hydrogen-bond acceptors (Lipinski definition) is 4. The number of alkyl halides is 1. The summed E-state index contributed by atoms with van der Waals surface area (Å²) in [5.74, 6) is 0. The Labute approximate surface area is 57.4 Å². The number of aliphatic hydroxyl groups is 2. The second-order valence-electron chi connectivity index (χ2n) is 2.16. The zero-order valence-corrected chi connectivity index (χ0v) is 5.14. The lowest BCUT2D eigenvalue weighted by Crippen LogP contribution is -2.42. The Hall–Kier alpha value is -0.230. The Bertz CT molecular complexity index is 121. The molecule has 59 valence electrons. The molecule has 1 radical (unpaired) electrons. The monoisotopic (exact) mass is 150 g/mol. The first kappa shape index (κ1) is 7.87. The van der Waals surface area contributed by atoms with Gasteiger partial charge in [-0.1, -0.05) is 0 Å². The van der Waals surface area contributed by atoms with Gasteiger partial charge in [-0.2, -0.15) is 0 Å². The normalized spacial score (nSPS) is 43.8. The number of halogens is 1. The van der Waals surface area contributed by atoms with Crippen molar-refractivity contribution in [2.24, 2.45) is 5.73 Å². The number of hydrogen-bond donors (Lipinski definition) is 3. The lowest BCUT2D eigenvalue weighted by Gasteiger charge is -2.15. The lowest BCUT2D eigenvalue weighted by atomic mass is 10.1. The molecule has 0 aromatic carbocycles. The van der Waals surface area contributed by atoms with E-state index in [9.17, 15) is 4.39 Å². The fraction of sp³-hybridized carbons (Fsp3) is 0.800. The highest BCUT2D eigenvalue weighted by Gasteiger charge is 2.39. The summed E-state index contributed by atoms with van der Waals surface area (Å²) >= 11 is 0. The molecule has 10 heavy (non-hydrogen) atoms. The standard InChI is InChI=1S/C5H9FNO3/c6-2-1-10-4(3(2)8)5(7)9/h1-5,8-9H,7H2/t2-,3+,4+,5?/m1/s1. The first-order valence-electron chi connectivity index (χ1n) is 2.87. The highest BCUT2D eigenvalue weighted by atomic mass is 19.1.